The molecule has 0 amide bonds. The van der Waals surface area contributed by atoms with Crippen LogP contribution in [0.4, 0.5) is 4.39 Å². The van der Waals surface area contributed by atoms with E-state index in [4.69, 9.17) is 5.26 Å². The van der Waals surface area contributed by atoms with Crippen LogP contribution in [0.25, 0.3) is 5.69 Å². The summed E-state index contributed by atoms with van der Waals surface area (Å²) in [6, 6.07) is 6.36. The number of rotatable bonds is 5. The first-order valence-electron chi connectivity index (χ1n) is 6.97. The van der Waals surface area contributed by atoms with Gasteiger partial charge in [-0.2, -0.15) is 5.26 Å². The van der Waals surface area contributed by atoms with Crippen molar-refractivity contribution in [3.8, 4) is 11.8 Å². The molecule has 0 aliphatic rings. The monoisotopic (exact) mass is 287 g/mol. The molecule has 110 valence electrons. The normalized spacial score (nSPS) is 12.1. The lowest BCUT2D eigenvalue weighted by Crippen LogP contribution is -2.17. The highest BCUT2D eigenvalue weighted by Crippen LogP contribution is 2.22. The van der Waals surface area contributed by atoms with E-state index in [-0.39, 0.29) is 11.6 Å². The van der Waals surface area contributed by atoms with Crippen LogP contribution < -0.4 is 5.32 Å². The lowest BCUT2D eigenvalue weighted by molar-refractivity contribution is 0.555. The van der Waals surface area contributed by atoms with Crippen LogP contribution in [0.2, 0.25) is 0 Å². The van der Waals surface area contributed by atoms with Crippen LogP contribution in [0, 0.1) is 17.1 Å². The number of benzene rings is 1. The molecular weight excluding hydrogens is 269 g/mol. The lowest BCUT2D eigenvalue weighted by atomic mass is 10.1. The van der Waals surface area contributed by atoms with Crippen molar-refractivity contribution in [3.05, 3.63) is 41.0 Å². The van der Waals surface area contributed by atoms with Gasteiger partial charge >= 0.3 is 0 Å². The number of nitriles is 1. The van der Waals surface area contributed by atoms with E-state index >= 15 is 0 Å². The van der Waals surface area contributed by atoms with E-state index in [2.05, 4.69) is 22.6 Å². The number of hydrogen-bond donors (Lipinski definition) is 1. The molecule has 0 aliphatic carbocycles. The van der Waals surface area contributed by atoms with Crippen molar-refractivity contribution >= 4 is 0 Å². The van der Waals surface area contributed by atoms with Crippen molar-refractivity contribution in [2.45, 2.75) is 32.7 Å². The Kier molecular flexibility index (Phi) is 4.66. The topological polar surface area (TPSA) is 66.5 Å². The average molecular weight is 287 g/mol. The SMILES string of the molecule is CCc1c(C(CC)NC)nnn1-c1ccc(F)c(C#N)c1. The van der Waals surface area contributed by atoms with Crippen molar-refractivity contribution in [1.29, 1.82) is 5.26 Å². The predicted molar refractivity (Wildman–Crippen MR) is 77.5 cm³/mol. The van der Waals surface area contributed by atoms with Crippen molar-refractivity contribution in [1.82, 2.24) is 20.3 Å². The van der Waals surface area contributed by atoms with Gasteiger partial charge in [-0.1, -0.05) is 19.1 Å². The maximum Gasteiger partial charge on any atom is 0.141 e. The molecule has 0 saturated carbocycles. The van der Waals surface area contributed by atoms with Gasteiger partial charge in [0.05, 0.1) is 23.0 Å². The average Bonchev–Trinajstić information content (AvgIpc) is 2.93. The number of nitrogens with one attached hydrogen (secondary N) is 1. The van der Waals surface area contributed by atoms with E-state index in [1.807, 2.05) is 20.0 Å². The molecular formula is C15H18FN5. The fourth-order valence-corrected chi connectivity index (χ4v) is 2.39. The summed E-state index contributed by atoms with van der Waals surface area (Å²) in [5.41, 5.74) is 2.51. The Morgan fingerprint density at radius 1 is 1.43 bits per heavy atom. The third-order valence-electron chi connectivity index (χ3n) is 3.53. The largest absolute Gasteiger partial charge is 0.312 e. The van der Waals surface area contributed by atoms with E-state index < -0.39 is 5.82 Å². The van der Waals surface area contributed by atoms with Gasteiger partial charge in [0.2, 0.25) is 0 Å². The molecule has 1 heterocycles. The van der Waals surface area contributed by atoms with Crippen LogP contribution >= 0.6 is 0 Å². The minimum Gasteiger partial charge on any atom is -0.312 e. The van der Waals surface area contributed by atoms with E-state index in [1.165, 1.54) is 12.1 Å². The fourth-order valence-electron chi connectivity index (χ4n) is 2.39. The molecule has 0 radical (unpaired) electrons. The Morgan fingerprint density at radius 3 is 2.76 bits per heavy atom. The zero-order chi connectivity index (χ0) is 15.4. The van der Waals surface area contributed by atoms with Gasteiger partial charge in [-0.25, -0.2) is 9.07 Å². The van der Waals surface area contributed by atoms with Gasteiger partial charge in [0.15, 0.2) is 0 Å². The van der Waals surface area contributed by atoms with E-state index in [1.54, 1.807) is 10.7 Å². The first-order valence-corrected chi connectivity index (χ1v) is 6.97. The third-order valence-corrected chi connectivity index (χ3v) is 3.53. The molecule has 0 spiro atoms. The van der Waals surface area contributed by atoms with Gasteiger partial charge in [-0.15, -0.1) is 5.10 Å². The molecule has 1 aromatic carbocycles. The minimum atomic E-state index is -0.527. The molecule has 2 aromatic rings. The van der Waals surface area contributed by atoms with Crippen molar-refractivity contribution < 1.29 is 4.39 Å². The van der Waals surface area contributed by atoms with Crippen molar-refractivity contribution in [2.24, 2.45) is 0 Å². The van der Waals surface area contributed by atoms with Crippen LogP contribution in [0.5, 0.6) is 0 Å². The number of aromatic nitrogens is 3. The molecule has 6 heteroatoms. The van der Waals surface area contributed by atoms with Gasteiger partial charge < -0.3 is 5.32 Å². The summed E-state index contributed by atoms with van der Waals surface area (Å²) >= 11 is 0. The summed E-state index contributed by atoms with van der Waals surface area (Å²) in [7, 11) is 1.89. The molecule has 2 rings (SSSR count). The molecule has 1 aromatic heterocycles. The van der Waals surface area contributed by atoms with Gasteiger partial charge in [-0.05, 0) is 38.1 Å². The Bertz CT molecular complexity index is 667. The summed E-state index contributed by atoms with van der Waals surface area (Å²) in [5, 5.41) is 20.6. The molecule has 0 fully saturated rings. The van der Waals surface area contributed by atoms with E-state index in [0.717, 1.165) is 24.2 Å². The highest BCUT2D eigenvalue weighted by molar-refractivity contribution is 5.43. The number of hydrogen-bond acceptors (Lipinski definition) is 4. The summed E-state index contributed by atoms with van der Waals surface area (Å²) in [6.07, 6.45) is 1.65. The second-order valence-corrected chi connectivity index (χ2v) is 4.71. The van der Waals surface area contributed by atoms with Crippen LogP contribution in [-0.4, -0.2) is 22.0 Å². The number of halogens is 1. The molecule has 0 saturated heterocycles. The molecule has 0 aliphatic heterocycles. The standard InChI is InChI=1S/C15H18FN5/c1-4-13(18-3)15-14(5-2)21(20-19-15)11-6-7-12(16)10(8-11)9-17/h6-8,13,18H,4-5H2,1-3H3. The van der Waals surface area contributed by atoms with Crippen LogP contribution in [0.15, 0.2) is 18.2 Å². The predicted octanol–water partition coefficient (Wildman–Crippen LogP) is 2.51. The Morgan fingerprint density at radius 2 is 2.19 bits per heavy atom. The first-order chi connectivity index (χ1) is 10.2. The summed E-state index contributed by atoms with van der Waals surface area (Å²) in [6.45, 7) is 4.10. The maximum atomic E-state index is 13.4. The Balaban J connectivity index is 2.53. The number of nitrogens with zero attached hydrogens (tertiary/aromatic N) is 4. The lowest BCUT2D eigenvalue weighted by Gasteiger charge is -2.13. The molecule has 1 atom stereocenters. The van der Waals surface area contributed by atoms with E-state index in [0.29, 0.717) is 5.69 Å². The van der Waals surface area contributed by atoms with Gasteiger partial charge in [0.1, 0.15) is 17.6 Å². The van der Waals surface area contributed by atoms with Crippen LogP contribution in [0.1, 0.15) is 43.3 Å². The Hall–Kier alpha value is -2.26. The maximum absolute atomic E-state index is 13.4. The Labute approximate surface area is 123 Å². The van der Waals surface area contributed by atoms with Crippen LogP contribution in [-0.2, 0) is 6.42 Å². The van der Waals surface area contributed by atoms with Gasteiger partial charge in [-0.3, -0.25) is 0 Å². The summed E-state index contributed by atoms with van der Waals surface area (Å²) < 4.78 is 15.1. The van der Waals surface area contributed by atoms with Gasteiger partial charge in [0, 0.05) is 0 Å². The fraction of sp³-hybridized carbons (Fsp3) is 0.400. The molecule has 5 nitrogen and oxygen atoms in total. The zero-order valence-electron chi connectivity index (χ0n) is 12.4. The summed E-state index contributed by atoms with van der Waals surface area (Å²) in [4.78, 5) is 0. The molecule has 0 bridgehead atoms. The highest BCUT2D eigenvalue weighted by Gasteiger charge is 2.19. The second kappa shape index (κ2) is 6.46. The van der Waals surface area contributed by atoms with Crippen molar-refractivity contribution in [3.63, 3.8) is 0 Å². The quantitative estimate of drug-likeness (QED) is 0.917. The second-order valence-electron chi connectivity index (χ2n) is 4.71. The van der Waals surface area contributed by atoms with Crippen LogP contribution in [0.3, 0.4) is 0 Å². The third kappa shape index (κ3) is 2.78. The summed E-state index contributed by atoms with van der Waals surface area (Å²) in [5.74, 6) is -0.527. The van der Waals surface area contributed by atoms with Gasteiger partial charge in [0.25, 0.3) is 0 Å². The molecule has 21 heavy (non-hydrogen) atoms. The highest BCUT2D eigenvalue weighted by atomic mass is 19.1. The smallest absolute Gasteiger partial charge is 0.141 e. The minimum absolute atomic E-state index is 0.00672. The zero-order valence-corrected chi connectivity index (χ0v) is 12.4. The van der Waals surface area contributed by atoms with E-state index in [9.17, 15) is 4.39 Å². The van der Waals surface area contributed by atoms with Crippen molar-refractivity contribution in [2.75, 3.05) is 7.05 Å². The molecule has 1 N–H and O–H groups in total. The molecule has 1 unspecified atom stereocenters. The first kappa shape index (κ1) is 15.1.